The molecule has 0 heterocycles. The summed E-state index contributed by atoms with van der Waals surface area (Å²) in [4.78, 5) is 0. The normalized spacial score (nSPS) is 10.9. The maximum absolute atomic E-state index is 6.07. The van der Waals surface area contributed by atoms with Gasteiger partial charge in [-0.2, -0.15) is 0 Å². The largest absolute Gasteiger partial charge is 0.496 e. The SMILES string of the molecule is COc1ccc(OC)c2cc3c(N)c(N)ccc3cc12. The number of methoxy groups -OCH3 is 2. The third-order valence-corrected chi connectivity index (χ3v) is 3.59. The smallest absolute Gasteiger partial charge is 0.126 e. The Morgan fingerprint density at radius 3 is 1.95 bits per heavy atom. The summed E-state index contributed by atoms with van der Waals surface area (Å²) < 4.78 is 10.8. The van der Waals surface area contributed by atoms with Gasteiger partial charge in [0, 0.05) is 16.2 Å². The van der Waals surface area contributed by atoms with Crippen LogP contribution in [-0.4, -0.2) is 14.2 Å². The molecule has 0 saturated heterocycles. The zero-order valence-corrected chi connectivity index (χ0v) is 11.4. The lowest BCUT2D eigenvalue weighted by Gasteiger charge is -2.12. The van der Waals surface area contributed by atoms with Crippen molar-refractivity contribution in [2.45, 2.75) is 0 Å². The topological polar surface area (TPSA) is 70.5 Å². The minimum atomic E-state index is 0.582. The summed E-state index contributed by atoms with van der Waals surface area (Å²) in [6.07, 6.45) is 0. The average Bonchev–Trinajstić information content (AvgIpc) is 2.48. The van der Waals surface area contributed by atoms with E-state index in [1.165, 1.54) is 0 Å². The van der Waals surface area contributed by atoms with Crippen LogP contribution >= 0.6 is 0 Å². The fourth-order valence-corrected chi connectivity index (χ4v) is 2.51. The van der Waals surface area contributed by atoms with Crippen molar-refractivity contribution in [2.75, 3.05) is 25.7 Å². The van der Waals surface area contributed by atoms with E-state index in [9.17, 15) is 0 Å². The third-order valence-electron chi connectivity index (χ3n) is 3.59. The van der Waals surface area contributed by atoms with Crippen LogP contribution in [0.5, 0.6) is 11.5 Å². The molecule has 0 aliphatic carbocycles. The van der Waals surface area contributed by atoms with Gasteiger partial charge < -0.3 is 20.9 Å². The van der Waals surface area contributed by atoms with Gasteiger partial charge in [0.1, 0.15) is 11.5 Å². The van der Waals surface area contributed by atoms with Crippen LogP contribution in [0.1, 0.15) is 0 Å². The van der Waals surface area contributed by atoms with Crippen LogP contribution in [0.2, 0.25) is 0 Å². The summed E-state index contributed by atoms with van der Waals surface area (Å²) >= 11 is 0. The second-order valence-electron chi connectivity index (χ2n) is 4.66. The number of hydrogen-bond acceptors (Lipinski definition) is 4. The molecule has 0 bridgehead atoms. The molecule has 0 amide bonds. The molecule has 0 aliphatic heterocycles. The Bertz CT molecular complexity index is 813. The summed E-state index contributed by atoms with van der Waals surface area (Å²) in [6.45, 7) is 0. The minimum absolute atomic E-state index is 0.582. The molecule has 0 fully saturated rings. The van der Waals surface area contributed by atoms with Crippen LogP contribution in [0.25, 0.3) is 21.5 Å². The number of hydrogen-bond donors (Lipinski definition) is 2. The standard InChI is InChI=1S/C16H16N2O2/c1-19-14-5-6-15(20-2)12-8-10-9(7-11(12)14)3-4-13(17)16(10)18/h3-8H,17-18H2,1-2H3. The van der Waals surface area contributed by atoms with Gasteiger partial charge in [0.05, 0.1) is 25.6 Å². The summed E-state index contributed by atoms with van der Waals surface area (Å²) in [5.74, 6) is 1.59. The van der Waals surface area contributed by atoms with Crippen molar-refractivity contribution in [2.24, 2.45) is 0 Å². The molecule has 3 aromatic carbocycles. The highest BCUT2D eigenvalue weighted by atomic mass is 16.5. The van der Waals surface area contributed by atoms with Gasteiger partial charge in [-0.3, -0.25) is 0 Å². The Morgan fingerprint density at radius 1 is 0.750 bits per heavy atom. The van der Waals surface area contributed by atoms with Crippen molar-refractivity contribution < 1.29 is 9.47 Å². The van der Waals surface area contributed by atoms with Crippen molar-refractivity contribution in [1.29, 1.82) is 0 Å². The first-order valence-corrected chi connectivity index (χ1v) is 6.28. The van der Waals surface area contributed by atoms with Crippen molar-refractivity contribution in [3.8, 4) is 11.5 Å². The van der Waals surface area contributed by atoms with Crippen molar-refractivity contribution >= 4 is 32.9 Å². The Hall–Kier alpha value is -2.62. The lowest BCUT2D eigenvalue weighted by molar-refractivity contribution is 0.410. The van der Waals surface area contributed by atoms with Crippen LogP contribution in [0.15, 0.2) is 36.4 Å². The number of benzene rings is 3. The van der Waals surface area contributed by atoms with E-state index in [1.54, 1.807) is 14.2 Å². The number of fused-ring (bicyclic) bond motifs is 2. The molecular weight excluding hydrogens is 252 g/mol. The van der Waals surface area contributed by atoms with Gasteiger partial charge in [0.2, 0.25) is 0 Å². The molecule has 0 atom stereocenters. The molecule has 0 aromatic heterocycles. The predicted molar refractivity (Wildman–Crippen MR) is 83.4 cm³/mol. The highest BCUT2D eigenvalue weighted by molar-refractivity contribution is 6.09. The highest BCUT2D eigenvalue weighted by Gasteiger charge is 2.10. The first kappa shape index (κ1) is 12.4. The van der Waals surface area contributed by atoms with E-state index in [4.69, 9.17) is 20.9 Å². The molecular formula is C16H16N2O2. The lowest BCUT2D eigenvalue weighted by Crippen LogP contribution is -1.96. The monoisotopic (exact) mass is 268 g/mol. The first-order valence-electron chi connectivity index (χ1n) is 6.28. The van der Waals surface area contributed by atoms with E-state index >= 15 is 0 Å². The molecule has 4 heteroatoms. The van der Waals surface area contributed by atoms with E-state index in [0.717, 1.165) is 33.0 Å². The van der Waals surface area contributed by atoms with E-state index in [1.807, 2.05) is 36.4 Å². The number of rotatable bonds is 2. The third kappa shape index (κ3) is 1.69. The summed E-state index contributed by atoms with van der Waals surface area (Å²) in [5.41, 5.74) is 13.1. The van der Waals surface area contributed by atoms with E-state index in [2.05, 4.69) is 0 Å². The second kappa shape index (κ2) is 4.49. The van der Waals surface area contributed by atoms with Gasteiger partial charge in [0.15, 0.2) is 0 Å². The maximum atomic E-state index is 6.07. The minimum Gasteiger partial charge on any atom is -0.496 e. The number of nitrogens with two attached hydrogens (primary N) is 2. The molecule has 0 unspecified atom stereocenters. The Balaban J connectivity index is 2.49. The summed E-state index contributed by atoms with van der Waals surface area (Å²) in [7, 11) is 3.30. The van der Waals surface area contributed by atoms with Crippen LogP contribution < -0.4 is 20.9 Å². The van der Waals surface area contributed by atoms with Crippen LogP contribution in [0, 0.1) is 0 Å². The van der Waals surface area contributed by atoms with E-state index in [-0.39, 0.29) is 0 Å². The lowest BCUT2D eigenvalue weighted by atomic mass is 10.0. The molecule has 0 spiro atoms. The molecule has 20 heavy (non-hydrogen) atoms. The zero-order chi connectivity index (χ0) is 14.3. The molecule has 3 aromatic rings. The average molecular weight is 268 g/mol. The molecule has 3 rings (SSSR count). The zero-order valence-electron chi connectivity index (χ0n) is 11.4. The first-order chi connectivity index (χ1) is 9.65. The van der Waals surface area contributed by atoms with Gasteiger partial charge in [-0.15, -0.1) is 0 Å². The molecule has 0 saturated carbocycles. The number of nitrogen functional groups attached to an aromatic ring is 2. The van der Waals surface area contributed by atoms with Gasteiger partial charge in [-0.25, -0.2) is 0 Å². The van der Waals surface area contributed by atoms with Crippen molar-refractivity contribution in [3.05, 3.63) is 36.4 Å². The predicted octanol–water partition coefficient (Wildman–Crippen LogP) is 3.17. The van der Waals surface area contributed by atoms with E-state index in [0.29, 0.717) is 11.4 Å². The maximum Gasteiger partial charge on any atom is 0.126 e. The van der Waals surface area contributed by atoms with Crippen LogP contribution in [0.3, 0.4) is 0 Å². The number of anilines is 2. The van der Waals surface area contributed by atoms with Crippen molar-refractivity contribution in [1.82, 2.24) is 0 Å². The van der Waals surface area contributed by atoms with Crippen LogP contribution in [0.4, 0.5) is 11.4 Å². The van der Waals surface area contributed by atoms with Crippen molar-refractivity contribution in [3.63, 3.8) is 0 Å². The van der Waals surface area contributed by atoms with E-state index < -0.39 is 0 Å². The fraction of sp³-hybridized carbons (Fsp3) is 0.125. The fourth-order valence-electron chi connectivity index (χ4n) is 2.51. The van der Waals surface area contributed by atoms with Crippen LogP contribution in [-0.2, 0) is 0 Å². The molecule has 4 nitrogen and oxygen atoms in total. The summed E-state index contributed by atoms with van der Waals surface area (Å²) in [6, 6.07) is 11.6. The molecule has 4 N–H and O–H groups in total. The number of ether oxygens (including phenoxy) is 2. The summed E-state index contributed by atoms with van der Waals surface area (Å²) in [5, 5.41) is 3.89. The second-order valence-corrected chi connectivity index (χ2v) is 4.66. The molecule has 102 valence electrons. The Morgan fingerprint density at radius 2 is 1.35 bits per heavy atom. The Kier molecular flexibility index (Phi) is 2.79. The quantitative estimate of drug-likeness (QED) is 0.553. The van der Waals surface area contributed by atoms with Gasteiger partial charge in [-0.05, 0) is 35.7 Å². The molecule has 0 radical (unpaired) electrons. The van der Waals surface area contributed by atoms with Gasteiger partial charge in [0.25, 0.3) is 0 Å². The van der Waals surface area contributed by atoms with Gasteiger partial charge >= 0.3 is 0 Å². The molecule has 0 aliphatic rings. The Labute approximate surface area is 116 Å². The van der Waals surface area contributed by atoms with Gasteiger partial charge in [-0.1, -0.05) is 6.07 Å². The highest BCUT2D eigenvalue weighted by Crippen LogP contribution is 2.38.